The highest BCUT2D eigenvalue weighted by Gasteiger charge is 2.20. The standard InChI is InChI=1S/C12H16FNO4/c1-17-6-7-3-4-8(9(14)5-10(15)16)12(18-2)11(7)13/h3-4,9H,5-6,14H2,1-2H3,(H,15,16). The van der Waals surface area contributed by atoms with Gasteiger partial charge in [-0.3, -0.25) is 4.79 Å². The van der Waals surface area contributed by atoms with Gasteiger partial charge in [0.15, 0.2) is 11.6 Å². The van der Waals surface area contributed by atoms with E-state index in [9.17, 15) is 9.18 Å². The summed E-state index contributed by atoms with van der Waals surface area (Å²) in [5.41, 5.74) is 6.37. The molecule has 6 heteroatoms. The Hall–Kier alpha value is -1.66. The third-order valence-electron chi connectivity index (χ3n) is 2.51. The molecule has 1 aromatic carbocycles. The van der Waals surface area contributed by atoms with Crippen LogP contribution in [-0.4, -0.2) is 25.3 Å². The number of aliphatic carboxylic acids is 1. The number of nitrogens with two attached hydrogens (primary N) is 1. The third kappa shape index (κ3) is 3.18. The lowest BCUT2D eigenvalue weighted by Gasteiger charge is -2.16. The lowest BCUT2D eigenvalue weighted by atomic mass is 10.0. The Kier molecular flexibility index (Phi) is 5.06. The Morgan fingerprint density at radius 1 is 1.50 bits per heavy atom. The van der Waals surface area contributed by atoms with Gasteiger partial charge in [-0.15, -0.1) is 0 Å². The summed E-state index contributed by atoms with van der Waals surface area (Å²) in [4.78, 5) is 10.6. The second-order valence-electron chi connectivity index (χ2n) is 3.80. The fourth-order valence-corrected chi connectivity index (χ4v) is 1.68. The number of benzene rings is 1. The molecule has 0 saturated carbocycles. The van der Waals surface area contributed by atoms with Gasteiger partial charge in [0.1, 0.15) is 0 Å². The van der Waals surface area contributed by atoms with E-state index in [1.165, 1.54) is 20.3 Å². The molecule has 0 radical (unpaired) electrons. The Labute approximate surface area is 104 Å². The molecule has 3 N–H and O–H groups in total. The maximum Gasteiger partial charge on any atom is 0.305 e. The van der Waals surface area contributed by atoms with Crippen LogP contribution in [0.4, 0.5) is 4.39 Å². The van der Waals surface area contributed by atoms with Gasteiger partial charge < -0.3 is 20.3 Å². The summed E-state index contributed by atoms with van der Waals surface area (Å²) >= 11 is 0. The largest absolute Gasteiger partial charge is 0.493 e. The molecule has 0 spiro atoms. The average molecular weight is 257 g/mol. The molecule has 0 amide bonds. The summed E-state index contributed by atoms with van der Waals surface area (Å²) in [5.74, 6) is -1.65. The SMILES string of the molecule is COCc1ccc(C(N)CC(=O)O)c(OC)c1F. The molecule has 0 fully saturated rings. The van der Waals surface area contributed by atoms with E-state index in [0.717, 1.165) is 0 Å². The lowest BCUT2D eigenvalue weighted by Crippen LogP contribution is -2.17. The van der Waals surface area contributed by atoms with E-state index in [1.807, 2.05) is 0 Å². The van der Waals surface area contributed by atoms with Crippen LogP contribution in [0, 0.1) is 5.82 Å². The first-order valence-electron chi connectivity index (χ1n) is 5.32. The first-order valence-corrected chi connectivity index (χ1v) is 5.32. The van der Waals surface area contributed by atoms with Gasteiger partial charge in [-0.1, -0.05) is 12.1 Å². The molecule has 1 unspecified atom stereocenters. The molecular formula is C12H16FNO4. The Morgan fingerprint density at radius 3 is 2.67 bits per heavy atom. The van der Waals surface area contributed by atoms with Gasteiger partial charge in [-0.2, -0.15) is 0 Å². The molecular weight excluding hydrogens is 241 g/mol. The van der Waals surface area contributed by atoms with E-state index < -0.39 is 17.8 Å². The average Bonchev–Trinajstić information content (AvgIpc) is 2.30. The van der Waals surface area contributed by atoms with Gasteiger partial charge in [0.05, 0.1) is 20.1 Å². The maximum atomic E-state index is 14.0. The van der Waals surface area contributed by atoms with Crippen molar-refractivity contribution < 1.29 is 23.8 Å². The number of carbonyl (C=O) groups is 1. The summed E-state index contributed by atoms with van der Waals surface area (Å²) in [6.45, 7) is 0.108. The van der Waals surface area contributed by atoms with E-state index in [1.54, 1.807) is 6.07 Å². The summed E-state index contributed by atoms with van der Waals surface area (Å²) in [6.07, 6.45) is -0.292. The smallest absolute Gasteiger partial charge is 0.305 e. The van der Waals surface area contributed by atoms with E-state index in [0.29, 0.717) is 11.1 Å². The Bertz CT molecular complexity index is 436. The summed E-state index contributed by atoms with van der Waals surface area (Å²) in [6, 6.07) is 2.26. The lowest BCUT2D eigenvalue weighted by molar-refractivity contribution is -0.137. The number of methoxy groups -OCH3 is 2. The first kappa shape index (κ1) is 14.4. The van der Waals surface area contributed by atoms with Crippen molar-refractivity contribution in [1.29, 1.82) is 0 Å². The fourth-order valence-electron chi connectivity index (χ4n) is 1.68. The van der Waals surface area contributed by atoms with Gasteiger partial charge in [0.2, 0.25) is 0 Å². The van der Waals surface area contributed by atoms with Gasteiger partial charge in [-0.05, 0) is 0 Å². The summed E-state index contributed by atoms with van der Waals surface area (Å²) in [5, 5.41) is 8.68. The molecule has 0 aliphatic heterocycles. The highest BCUT2D eigenvalue weighted by molar-refractivity contribution is 5.68. The predicted octanol–water partition coefficient (Wildman–Crippen LogP) is 1.46. The highest BCUT2D eigenvalue weighted by atomic mass is 19.1. The predicted molar refractivity (Wildman–Crippen MR) is 62.8 cm³/mol. The highest BCUT2D eigenvalue weighted by Crippen LogP contribution is 2.31. The number of hydrogen-bond donors (Lipinski definition) is 2. The fraction of sp³-hybridized carbons (Fsp3) is 0.417. The third-order valence-corrected chi connectivity index (χ3v) is 2.51. The van der Waals surface area contributed by atoms with Crippen LogP contribution < -0.4 is 10.5 Å². The van der Waals surface area contributed by atoms with Gasteiger partial charge >= 0.3 is 5.97 Å². The van der Waals surface area contributed by atoms with Crippen LogP contribution in [0.3, 0.4) is 0 Å². The minimum Gasteiger partial charge on any atom is -0.493 e. The zero-order chi connectivity index (χ0) is 13.7. The Balaban J connectivity index is 3.13. The number of carboxylic acids is 1. The van der Waals surface area contributed by atoms with Crippen molar-refractivity contribution in [3.63, 3.8) is 0 Å². The van der Waals surface area contributed by atoms with Crippen molar-refractivity contribution in [1.82, 2.24) is 0 Å². The van der Waals surface area contributed by atoms with Crippen molar-refractivity contribution in [3.05, 3.63) is 29.1 Å². The summed E-state index contributed by atoms with van der Waals surface area (Å²) < 4.78 is 23.8. The summed E-state index contributed by atoms with van der Waals surface area (Å²) in [7, 11) is 2.77. The van der Waals surface area contributed by atoms with E-state index in [4.69, 9.17) is 20.3 Å². The van der Waals surface area contributed by atoms with Crippen molar-refractivity contribution in [2.24, 2.45) is 5.73 Å². The number of carboxylic acid groups (broad SMARTS) is 1. The molecule has 5 nitrogen and oxygen atoms in total. The molecule has 0 bridgehead atoms. The normalized spacial score (nSPS) is 12.2. The molecule has 0 aromatic heterocycles. The molecule has 1 aromatic rings. The Morgan fingerprint density at radius 2 is 2.17 bits per heavy atom. The quantitative estimate of drug-likeness (QED) is 0.806. The van der Waals surface area contributed by atoms with Gasteiger partial charge in [-0.25, -0.2) is 4.39 Å². The molecule has 0 aliphatic rings. The second kappa shape index (κ2) is 6.32. The van der Waals surface area contributed by atoms with Crippen molar-refractivity contribution in [2.45, 2.75) is 19.1 Å². The van der Waals surface area contributed by atoms with Gasteiger partial charge in [0, 0.05) is 24.3 Å². The molecule has 18 heavy (non-hydrogen) atoms. The zero-order valence-electron chi connectivity index (χ0n) is 10.3. The molecule has 0 aliphatic carbocycles. The van der Waals surface area contributed by atoms with Crippen molar-refractivity contribution in [3.8, 4) is 5.75 Å². The van der Waals surface area contributed by atoms with Crippen LogP contribution in [0.2, 0.25) is 0 Å². The number of ether oxygens (including phenoxy) is 2. The van der Waals surface area contributed by atoms with E-state index >= 15 is 0 Å². The zero-order valence-corrected chi connectivity index (χ0v) is 10.3. The number of halogens is 1. The van der Waals surface area contributed by atoms with Crippen LogP contribution in [0.25, 0.3) is 0 Å². The first-order chi connectivity index (χ1) is 8.51. The minimum atomic E-state index is -1.05. The topological polar surface area (TPSA) is 81.8 Å². The van der Waals surface area contributed by atoms with Crippen LogP contribution in [0.5, 0.6) is 5.75 Å². The molecule has 1 rings (SSSR count). The maximum absolute atomic E-state index is 14.0. The van der Waals surface area contributed by atoms with Crippen molar-refractivity contribution >= 4 is 5.97 Å². The monoisotopic (exact) mass is 257 g/mol. The molecule has 100 valence electrons. The van der Waals surface area contributed by atoms with Crippen molar-refractivity contribution in [2.75, 3.05) is 14.2 Å². The van der Waals surface area contributed by atoms with E-state index in [-0.39, 0.29) is 18.8 Å². The molecule has 0 saturated heterocycles. The second-order valence-corrected chi connectivity index (χ2v) is 3.80. The number of hydrogen-bond acceptors (Lipinski definition) is 4. The molecule has 0 heterocycles. The minimum absolute atomic E-state index is 0.0294. The van der Waals surface area contributed by atoms with Crippen LogP contribution in [-0.2, 0) is 16.1 Å². The number of rotatable bonds is 6. The van der Waals surface area contributed by atoms with Crippen LogP contribution in [0.15, 0.2) is 12.1 Å². The van der Waals surface area contributed by atoms with Crippen LogP contribution >= 0.6 is 0 Å². The molecule has 1 atom stereocenters. The van der Waals surface area contributed by atoms with E-state index in [2.05, 4.69) is 0 Å². The van der Waals surface area contributed by atoms with Crippen LogP contribution in [0.1, 0.15) is 23.6 Å². The van der Waals surface area contributed by atoms with Gasteiger partial charge in [0.25, 0.3) is 0 Å².